The van der Waals surface area contributed by atoms with Crippen LogP contribution in [0.3, 0.4) is 0 Å². The zero-order valence-electron chi connectivity index (χ0n) is 5.10. The van der Waals surface area contributed by atoms with Crippen molar-refractivity contribution in [2.24, 2.45) is 0 Å². The minimum absolute atomic E-state index is 0. The van der Waals surface area contributed by atoms with Crippen LogP contribution in [0.2, 0.25) is 0 Å². The molecule has 0 bridgehead atoms. The minimum Gasteiger partial charge on any atom is -0.390 e. The summed E-state index contributed by atoms with van der Waals surface area (Å²) in [6, 6.07) is 0. The first kappa shape index (κ1) is 10.5. The van der Waals surface area contributed by atoms with Gasteiger partial charge in [-0.3, -0.25) is 0 Å². The molecule has 0 aliphatic carbocycles. The summed E-state index contributed by atoms with van der Waals surface area (Å²) in [7, 11) is 0. The van der Waals surface area contributed by atoms with E-state index in [1.807, 2.05) is 6.92 Å². The summed E-state index contributed by atoms with van der Waals surface area (Å²) < 4.78 is 0. The Kier molecular flexibility index (Phi) is 5.31. The molecule has 0 saturated carbocycles. The molecule has 0 fully saturated rings. The third kappa shape index (κ3) is 10.8. The van der Waals surface area contributed by atoms with Crippen LogP contribution in [0.4, 0.5) is 0 Å². The molecule has 0 saturated heterocycles. The van der Waals surface area contributed by atoms with E-state index < -0.39 is 5.60 Å². The molecule has 0 aliphatic rings. The van der Waals surface area contributed by atoms with Crippen molar-refractivity contribution in [2.75, 3.05) is 0 Å². The van der Waals surface area contributed by atoms with E-state index in [0.29, 0.717) is 0 Å². The van der Waals surface area contributed by atoms with E-state index in [4.69, 9.17) is 5.11 Å². The standard InChI is InChI=1S/C5H12O.V/c1-4-5(2,3)6;/h6H,4H2,1-3H3;. The van der Waals surface area contributed by atoms with Crippen LogP contribution in [0.5, 0.6) is 0 Å². The fraction of sp³-hybridized carbons (Fsp3) is 1.00. The molecule has 2 heteroatoms. The number of aliphatic hydroxyl groups is 1. The van der Waals surface area contributed by atoms with Gasteiger partial charge >= 0.3 is 0 Å². The maximum absolute atomic E-state index is 8.83. The second kappa shape index (κ2) is 3.53. The summed E-state index contributed by atoms with van der Waals surface area (Å²) in [4.78, 5) is 0. The number of hydrogen-bond acceptors (Lipinski definition) is 1. The molecular formula is C5H12OV. The average molecular weight is 139 g/mol. The molecule has 0 atom stereocenters. The van der Waals surface area contributed by atoms with E-state index in [9.17, 15) is 0 Å². The van der Waals surface area contributed by atoms with E-state index in [-0.39, 0.29) is 18.6 Å². The van der Waals surface area contributed by atoms with Crippen LogP contribution in [0, 0.1) is 0 Å². The van der Waals surface area contributed by atoms with Crippen LogP contribution < -0.4 is 0 Å². The molecule has 0 rings (SSSR count). The number of hydrogen-bond donors (Lipinski definition) is 1. The fourth-order valence-electron chi connectivity index (χ4n) is 0. The van der Waals surface area contributed by atoms with E-state index in [2.05, 4.69) is 0 Å². The van der Waals surface area contributed by atoms with Crippen molar-refractivity contribution in [1.29, 1.82) is 0 Å². The summed E-state index contributed by atoms with van der Waals surface area (Å²) in [6.07, 6.45) is 0.826. The molecule has 0 aromatic rings. The molecule has 0 aromatic carbocycles. The van der Waals surface area contributed by atoms with Gasteiger partial charge < -0.3 is 5.11 Å². The Morgan fingerprint density at radius 2 is 1.57 bits per heavy atom. The second-order valence-electron chi connectivity index (χ2n) is 2.17. The molecule has 0 unspecified atom stereocenters. The van der Waals surface area contributed by atoms with Crippen molar-refractivity contribution in [2.45, 2.75) is 32.8 Å². The van der Waals surface area contributed by atoms with Gasteiger partial charge in [0.2, 0.25) is 0 Å². The van der Waals surface area contributed by atoms with Gasteiger partial charge in [-0.25, -0.2) is 0 Å². The molecule has 1 nitrogen and oxygen atoms in total. The summed E-state index contributed by atoms with van der Waals surface area (Å²) in [5.41, 5.74) is -0.458. The van der Waals surface area contributed by atoms with Crippen molar-refractivity contribution >= 4 is 0 Å². The van der Waals surface area contributed by atoms with Gasteiger partial charge in [0.1, 0.15) is 0 Å². The monoisotopic (exact) mass is 139 g/mol. The SMILES string of the molecule is CCC(C)(C)O.[V]. The molecule has 1 N–H and O–H groups in total. The van der Waals surface area contributed by atoms with E-state index in [1.54, 1.807) is 13.8 Å². The fourth-order valence-corrected chi connectivity index (χ4v) is 0. The first-order valence-electron chi connectivity index (χ1n) is 2.28. The first-order chi connectivity index (χ1) is 2.56. The van der Waals surface area contributed by atoms with Crippen molar-refractivity contribution < 1.29 is 23.7 Å². The van der Waals surface area contributed by atoms with E-state index in [1.165, 1.54) is 0 Å². The van der Waals surface area contributed by atoms with Crippen LogP contribution >= 0.6 is 0 Å². The van der Waals surface area contributed by atoms with Gasteiger partial charge in [-0.05, 0) is 20.3 Å². The maximum atomic E-state index is 8.83. The molecule has 43 valence electrons. The molecule has 0 aromatic heterocycles. The Morgan fingerprint density at radius 3 is 1.57 bits per heavy atom. The van der Waals surface area contributed by atoms with Crippen LogP contribution in [0.15, 0.2) is 0 Å². The summed E-state index contributed by atoms with van der Waals surface area (Å²) >= 11 is 0. The molecular weight excluding hydrogens is 127 g/mol. The Morgan fingerprint density at radius 1 is 1.43 bits per heavy atom. The van der Waals surface area contributed by atoms with Crippen molar-refractivity contribution in [1.82, 2.24) is 0 Å². The Labute approximate surface area is 57.0 Å². The minimum atomic E-state index is -0.458. The van der Waals surface area contributed by atoms with Crippen molar-refractivity contribution in [3.05, 3.63) is 0 Å². The van der Waals surface area contributed by atoms with Gasteiger partial charge in [0, 0.05) is 18.6 Å². The average Bonchev–Trinajstić information content (AvgIpc) is 1.35. The molecule has 1 radical (unpaired) electrons. The molecule has 0 aliphatic heterocycles. The van der Waals surface area contributed by atoms with Crippen molar-refractivity contribution in [3.8, 4) is 0 Å². The van der Waals surface area contributed by atoms with E-state index >= 15 is 0 Å². The Hall–Kier alpha value is 0.544. The largest absolute Gasteiger partial charge is 0.390 e. The molecule has 0 heterocycles. The van der Waals surface area contributed by atoms with Crippen LogP contribution in [0.25, 0.3) is 0 Å². The second-order valence-corrected chi connectivity index (χ2v) is 2.17. The number of rotatable bonds is 1. The van der Waals surface area contributed by atoms with Gasteiger partial charge in [-0.15, -0.1) is 0 Å². The van der Waals surface area contributed by atoms with Crippen molar-refractivity contribution in [3.63, 3.8) is 0 Å². The van der Waals surface area contributed by atoms with E-state index in [0.717, 1.165) is 6.42 Å². The zero-order chi connectivity index (χ0) is 5.21. The topological polar surface area (TPSA) is 20.2 Å². The molecule has 7 heavy (non-hydrogen) atoms. The van der Waals surface area contributed by atoms with Crippen LogP contribution in [0.1, 0.15) is 27.2 Å². The van der Waals surface area contributed by atoms with Gasteiger partial charge in [0.15, 0.2) is 0 Å². The predicted molar refractivity (Wildman–Crippen MR) is 26.6 cm³/mol. The normalized spacial score (nSPS) is 10.3. The summed E-state index contributed by atoms with van der Waals surface area (Å²) in [5, 5.41) is 8.83. The predicted octanol–water partition coefficient (Wildman–Crippen LogP) is 1.16. The molecule has 0 amide bonds. The smallest absolute Gasteiger partial charge is 0.0589 e. The first-order valence-corrected chi connectivity index (χ1v) is 2.28. The zero-order valence-corrected chi connectivity index (χ0v) is 6.50. The summed E-state index contributed by atoms with van der Waals surface area (Å²) in [6.45, 7) is 5.56. The quantitative estimate of drug-likeness (QED) is 0.578. The Balaban J connectivity index is 0. The van der Waals surface area contributed by atoms with Gasteiger partial charge in [-0.2, -0.15) is 0 Å². The van der Waals surface area contributed by atoms with Gasteiger partial charge in [0.05, 0.1) is 5.60 Å². The maximum Gasteiger partial charge on any atom is 0.0589 e. The molecule has 0 spiro atoms. The van der Waals surface area contributed by atoms with Gasteiger partial charge in [-0.1, -0.05) is 6.92 Å². The van der Waals surface area contributed by atoms with Gasteiger partial charge in [0.25, 0.3) is 0 Å². The van der Waals surface area contributed by atoms with Crippen LogP contribution in [-0.2, 0) is 18.6 Å². The van der Waals surface area contributed by atoms with Crippen LogP contribution in [-0.4, -0.2) is 10.7 Å². The third-order valence-electron chi connectivity index (χ3n) is 0.865. The Bertz CT molecular complexity index is 37.8. The third-order valence-corrected chi connectivity index (χ3v) is 0.865. The summed E-state index contributed by atoms with van der Waals surface area (Å²) in [5.74, 6) is 0.